The van der Waals surface area contributed by atoms with Gasteiger partial charge in [-0.3, -0.25) is 0 Å². The lowest BCUT2D eigenvalue weighted by Gasteiger charge is -2.24. The normalized spacial score (nSPS) is 14.6. The molecule has 0 aliphatic rings. The van der Waals surface area contributed by atoms with Gasteiger partial charge < -0.3 is 0 Å². The van der Waals surface area contributed by atoms with Gasteiger partial charge in [-0.15, -0.1) is 18.3 Å². The Bertz CT molecular complexity index is 411. The predicted molar refractivity (Wildman–Crippen MR) is 80.6 cm³/mol. The molecule has 96 valence electrons. The second-order valence-electron chi connectivity index (χ2n) is 4.20. The fourth-order valence-corrected chi connectivity index (χ4v) is 1.77. The van der Waals surface area contributed by atoms with Crippen molar-refractivity contribution in [1.29, 1.82) is 0 Å². The van der Waals surface area contributed by atoms with Gasteiger partial charge in [0.05, 0.1) is 0 Å². The number of unbranched alkanes of at least 4 members (excludes halogenated alkanes) is 1. The third kappa shape index (κ3) is 4.73. The van der Waals surface area contributed by atoms with Crippen LogP contribution in [0.25, 0.3) is 0 Å². The smallest absolute Gasteiger partial charge is 0.117 e. The predicted octanol–water partition coefficient (Wildman–Crippen LogP) is 4.43. The van der Waals surface area contributed by atoms with Crippen LogP contribution < -0.4 is 0 Å². The zero-order valence-corrected chi connectivity index (χ0v) is 12.1. The maximum Gasteiger partial charge on any atom is 0.157 e. The Morgan fingerprint density at radius 1 is 1.17 bits per heavy atom. The quantitative estimate of drug-likeness (QED) is 0.504. The Labute approximate surface area is 113 Å². The van der Waals surface area contributed by atoms with Crippen molar-refractivity contribution in [2.24, 2.45) is 11.3 Å². The molecule has 0 N–H and O–H groups in total. The fourth-order valence-electron chi connectivity index (χ4n) is 1.77. The molecule has 0 saturated heterocycles. The zero-order chi connectivity index (χ0) is 13.9. The first-order valence-corrected chi connectivity index (χ1v) is 6.81. The molecule has 0 heterocycles. The highest BCUT2D eigenvalue weighted by molar-refractivity contribution is 5.40. The summed E-state index contributed by atoms with van der Waals surface area (Å²) in [4.78, 5) is 0. The minimum Gasteiger partial charge on any atom is -0.117 e. The third-order valence-electron chi connectivity index (χ3n) is 2.77. The Morgan fingerprint density at radius 3 is 2.28 bits per heavy atom. The molecule has 0 heteroatoms. The van der Waals surface area contributed by atoms with Crippen molar-refractivity contribution < 1.29 is 0 Å². The zero-order valence-electron chi connectivity index (χ0n) is 12.1. The molecular weight excluding hydrogens is 216 g/mol. The van der Waals surface area contributed by atoms with Crippen LogP contribution >= 0.6 is 0 Å². The van der Waals surface area contributed by atoms with Gasteiger partial charge in [0.25, 0.3) is 0 Å². The summed E-state index contributed by atoms with van der Waals surface area (Å²) in [5.41, 5.74) is -0.619. The van der Waals surface area contributed by atoms with Crippen LogP contribution in [-0.4, -0.2) is 0 Å². The van der Waals surface area contributed by atoms with Crippen molar-refractivity contribution in [3.63, 3.8) is 0 Å². The average Bonchev–Trinajstić information content (AvgIpc) is 2.40. The van der Waals surface area contributed by atoms with E-state index >= 15 is 0 Å². The Morgan fingerprint density at radius 2 is 1.83 bits per heavy atom. The van der Waals surface area contributed by atoms with Crippen LogP contribution in [-0.2, 0) is 0 Å². The van der Waals surface area contributed by atoms with Crippen LogP contribution in [0, 0.1) is 47.4 Å². The van der Waals surface area contributed by atoms with E-state index in [-0.39, 0.29) is 5.92 Å². The molecule has 0 aromatic heterocycles. The molecule has 0 aliphatic heterocycles. The number of hydrogen-bond acceptors (Lipinski definition) is 0. The van der Waals surface area contributed by atoms with Crippen molar-refractivity contribution in [2.45, 2.75) is 53.4 Å². The number of rotatable bonds is 4. The minimum absolute atomic E-state index is 0.205. The molecule has 0 aromatic rings. The van der Waals surface area contributed by atoms with Gasteiger partial charge in [0.1, 0.15) is 0 Å². The van der Waals surface area contributed by atoms with E-state index < -0.39 is 5.41 Å². The maximum atomic E-state index is 5.75. The van der Waals surface area contributed by atoms with E-state index in [4.69, 9.17) is 6.42 Å². The summed E-state index contributed by atoms with van der Waals surface area (Å²) < 4.78 is 0. The van der Waals surface area contributed by atoms with Crippen LogP contribution in [0.15, 0.2) is 12.2 Å². The molecule has 0 amide bonds. The molecule has 0 nitrogen and oxygen atoms in total. The molecular formula is C18H24. The van der Waals surface area contributed by atoms with Crippen molar-refractivity contribution in [1.82, 2.24) is 0 Å². The summed E-state index contributed by atoms with van der Waals surface area (Å²) in [6.07, 6.45) is 13.6. The van der Waals surface area contributed by atoms with E-state index in [0.717, 1.165) is 25.7 Å². The molecule has 0 saturated carbocycles. The Balaban J connectivity index is 5.50. The molecule has 18 heavy (non-hydrogen) atoms. The molecule has 0 radical (unpaired) electrons. The van der Waals surface area contributed by atoms with E-state index in [0.29, 0.717) is 0 Å². The monoisotopic (exact) mass is 240 g/mol. The Hall–Kier alpha value is -1.58. The van der Waals surface area contributed by atoms with Crippen LogP contribution in [0.2, 0.25) is 0 Å². The first kappa shape index (κ1) is 16.4. The largest absolute Gasteiger partial charge is 0.157 e. The molecule has 2 unspecified atom stereocenters. The first-order valence-electron chi connectivity index (χ1n) is 6.81. The topological polar surface area (TPSA) is 0 Å². The number of terminal acetylenes is 1. The van der Waals surface area contributed by atoms with Crippen LogP contribution in [0.4, 0.5) is 0 Å². The van der Waals surface area contributed by atoms with Gasteiger partial charge in [-0.1, -0.05) is 50.7 Å². The lowest BCUT2D eigenvalue weighted by Crippen LogP contribution is -2.24. The van der Waals surface area contributed by atoms with Gasteiger partial charge in [-0.2, -0.15) is 0 Å². The summed E-state index contributed by atoms with van der Waals surface area (Å²) in [6.45, 7) is 8.29. The molecule has 0 bridgehead atoms. The van der Waals surface area contributed by atoms with Gasteiger partial charge in [0.15, 0.2) is 5.41 Å². The Kier molecular flexibility index (Phi) is 8.62. The summed E-state index contributed by atoms with van der Waals surface area (Å²) in [7, 11) is 0. The minimum atomic E-state index is -0.619. The van der Waals surface area contributed by atoms with Crippen LogP contribution in [0.5, 0.6) is 0 Å². The van der Waals surface area contributed by atoms with E-state index in [9.17, 15) is 0 Å². The average molecular weight is 240 g/mol. The van der Waals surface area contributed by atoms with Crippen molar-refractivity contribution >= 4 is 0 Å². The molecule has 0 aromatic carbocycles. The van der Waals surface area contributed by atoms with Crippen molar-refractivity contribution in [3.8, 4) is 36.0 Å². The first-order chi connectivity index (χ1) is 8.70. The third-order valence-corrected chi connectivity index (χ3v) is 2.77. The fraction of sp³-hybridized carbons (Fsp3) is 0.556. The van der Waals surface area contributed by atoms with Gasteiger partial charge >= 0.3 is 0 Å². The number of hydrogen-bond donors (Lipinski definition) is 0. The lowest BCUT2D eigenvalue weighted by atomic mass is 9.75. The highest BCUT2D eigenvalue weighted by atomic mass is 14.3. The number of allylic oxidation sites excluding steroid dienone is 2. The van der Waals surface area contributed by atoms with E-state index in [1.807, 2.05) is 19.9 Å². The molecule has 0 fully saturated rings. The van der Waals surface area contributed by atoms with E-state index in [2.05, 4.69) is 49.5 Å². The standard InChI is InChI=1S/C18H24/c1-6-11-13-16-18(10-5,15-12-7-2)17(9-4)14-8-3/h5,8,14,17H,6-7,9,11H2,1-4H3. The maximum absolute atomic E-state index is 5.75. The summed E-state index contributed by atoms with van der Waals surface area (Å²) in [6, 6.07) is 0. The lowest BCUT2D eigenvalue weighted by molar-refractivity contribution is 0.477. The van der Waals surface area contributed by atoms with E-state index in [1.165, 1.54) is 0 Å². The summed E-state index contributed by atoms with van der Waals surface area (Å²) in [5, 5.41) is 0. The highest BCUT2D eigenvalue weighted by Gasteiger charge is 2.30. The molecule has 0 aliphatic carbocycles. The van der Waals surface area contributed by atoms with Crippen LogP contribution in [0.1, 0.15) is 53.4 Å². The SMILES string of the molecule is C#CC(C#CCC)(C#CCCC)C(C=CC)CC. The van der Waals surface area contributed by atoms with E-state index in [1.54, 1.807) is 0 Å². The highest BCUT2D eigenvalue weighted by Crippen LogP contribution is 2.30. The second kappa shape index (κ2) is 9.45. The molecule has 0 spiro atoms. The van der Waals surface area contributed by atoms with Crippen molar-refractivity contribution in [3.05, 3.63) is 12.2 Å². The van der Waals surface area contributed by atoms with Gasteiger partial charge in [-0.05, 0) is 19.8 Å². The van der Waals surface area contributed by atoms with Crippen molar-refractivity contribution in [2.75, 3.05) is 0 Å². The summed E-state index contributed by atoms with van der Waals surface area (Å²) in [5.74, 6) is 15.8. The molecule has 2 atom stereocenters. The molecule has 0 rings (SSSR count). The van der Waals surface area contributed by atoms with Crippen LogP contribution in [0.3, 0.4) is 0 Å². The second-order valence-corrected chi connectivity index (χ2v) is 4.20. The van der Waals surface area contributed by atoms with Gasteiger partial charge in [0.2, 0.25) is 0 Å². The summed E-state index contributed by atoms with van der Waals surface area (Å²) >= 11 is 0. The van der Waals surface area contributed by atoms with Gasteiger partial charge in [0, 0.05) is 18.8 Å². The van der Waals surface area contributed by atoms with Gasteiger partial charge in [-0.25, -0.2) is 0 Å².